The number of para-hydroxylation sites is 2. The minimum Gasteiger partial charge on any atom is -0.423 e. The van der Waals surface area contributed by atoms with Crippen LogP contribution in [0.1, 0.15) is 31.7 Å². The van der Waals surface area contributed by atoms with E-state index in [-0.39, 0.29) is 6.04 Å². The molecule has 0 radical (unpaired) electrons. The molecule has 194 valence electrons. The van der Waals surface area contributed by atoms with E-state index < -0.39 is 0 Å². The summed E-state index contributed by atoms with van der Waals surface area (Å²) in [6, 6.07) is 17.1. The Morgan fingerprint density at radius 2 is 1.66 bits per heavy atom. The molecule has 0 atom stereocenters. The van der Waals surface area contributed by atoms with Gasteiger partial charge >= 0.3 is 0 Å². The highest BCUT2D eigenvalue weighted by Crippen LogP contribution is 2.37. The van der Waals surface area contributed by atoms with Gasteiger partial charge in [0, 0.05) is 30.4 Å². The molecule has 0 bridgehead atoms. The summed E-state index contributed by atoms with van der Waals surface area (Å²) in [5.74, 6) is 0.451. The minimum absolute atomic E-state index is 0.290. The van der Waals surface area contributed by atoms with Gasteiger partial charge in [-0.15, -0.1) is 0 Å². The Balaban J connectivity index is 1.14. The van der Waals surface area contributed by atoms with Crippen molar-refractivity contribution in [2.75, 3.05) is 37.4 Å². The van der Waals surface area contributed by atoms with E-state index in [1.54, 1.807) is 0 Å². The van der Waals surface area contributed by atoms with Crippen LogP contribution >= 0.6 is 0 Å². The predicted molar refractivity (Wildman–Crippen MR) is 146 cm³/mol. The van der Waals surface area contributed by atoms with Crippen LogP contribution in [0.5, 0.6) is 0 Å². The van der Waals surface area contributed by atoms with Crippen LogP contribution in [0.15, 0.2) is 59.3 Å². The van der Waals surface area contributed by atoms with E-state index in [9.17, 15) is 0 Å². The molecule has 1 saturated carbocycles. The Morgan fingerprint density at radius 3 is 2.45 bits per heavy atom. The molecule has 0 spiro atoms. The van der Waals surface area contributed by atoms with Gasteiger partial charge < -0.3 is 20.2 Å². The van der Waals surface area contributed by atoms with E-state index in [4.69, 9.17) is 20.0 Å². The normalized spacial score (nSPS) is 20.7. The number of ether oxygens (including phenoxy) is 1. The topological polar surface area (TPSA) is 120 Å². The standard InChI is InChI=1S/C28H30N8O2/c29-26-24-25(18-5-7-19(8-6-18)32-28-33-22-3-1-2-4-23(22)38-28)34-36(27(24)31-17-30-26)21-11-9-20(10-12-21)35-13-15-37-16-14-35/h1-8,17,20-21H,9-16H2,(H,32,33)(H2,29,30,31)/t20-,21+. The Bertz CT molecular complexity index is 1530. The van der Waals surface area contributed by atoms with Gasteiger partial charge in [-0.2, -0.15) is 10.1 Å². The van der Waals surface area contributed by atoms with Crippen molar-refractivity contribution in [3.63, 3.8) is 0 Å². The molecule has 0 amide bonds. The number of nitrogen functional groups attached to an aromatic ring is 1. The van der Waals surface area contributed by atoms with Gasteiger partial charge in [0.15, 0.2) is 11.2 Å². The molecule has 2 fully saturated rings. The third-order valence-corrected chi connectivity index (χ3v) is 7.80. The van der Waals surface area contributed by atoms with Gasteiger partial charge in [0.05, 0.1) is 24.6 Å². The van der Waals surface area contributed by atoms with Gasteiger partial charge in [-0.3, -0.25) is 4.90 Å². The molecule has 2 aliphatic rings. The van der Waals surface area contributed by atoms with Crippen LogP contribution in [0.2, 0.25) is 0 Å². The fourth-order valence-corrected chi connectivity index (χ4v) is 5.82. The van der Waals surface area contributed by atoms with Crippen LogP contribution in [0, 0.1) is 0 Å². The second kappa shape index (κ2) is 9.70. The van der Waals surface area contributed by atoms with Gasteiger partial charge in [0.25, 0.3) is 6.01 Å². The molecule has 5 aromatic rings. The van der Waals surface area contributed by atoms with Crippen LogP contribution in [0.25, 0.3) is 33.4 Å². The van der Waals surface area contributed by atoms with Crippen molar-refractivity contribution in [2.45, 2.75) is 37.8 Å². The second-order valence-electron chi connectivity index (χ2n) is 10.1. The fourth-order valence-electron chi connectivity index (χ4n) is 5.82. The number of rotatable bonds is 5. The quantitative estimate of drug-likeness (QED) is 0.344. The number of benzene rings is 2. The first-order valence-corrected chi connectivity index (χ1v) is 13.3. The Morgan fingerprint density at radius 1 is 0.895 bits per heavy atom. The largest absolute Gasteiger partial charge is 0.423 e. The number of oxazole rings is 1. The second-order valence-corrected chi connectivity index (χ2v) is 10.1. The molecule has 3 N–H and O–H groups in total. The molecule has 7 rings (SSSR count). The summed E-state index contributed by atoms with van der Waals surface area (Å²) in [7, 11) is 0. The van der Waals surface area contributed by atoms with Gasteiger partial charge in [-0.25, -0.2) is 14.6 Å². The maximum absolute atomic E-state index is 6.37. The molecule has 1 aliphatic heterocycles. The first-order chi connectivity index (χ1) is 18.7. The summed E-state index contributed by atoms with van der Waals surface area (Å²) in [4.78, 5) is 16.0. The number of fused-ring (bicyclic) bond motifs is 2. The minimum atomic E-state index is 0.290. The molecule has 4 heterocycles. The third kappa shape index (κ3) is 4.25. The van der Waals surface area contributed by atoms with Crippen molar-refractivity contribution >= 4 is 39.7 Å². The molecule has 38 heavy (non-hydrogen) atoms. The summed E-state index contributed by atoms with van der Waals surface area (Å²) in [6.45, 7) is 3.75. The van der Waals surface area contributed by atoms with E-state index >= 15 is 0 Å². The number of aromatic nitrogens is 5. The third-order valence-electron chi connectivity index (χ3n) is 7.80. The lowest BCUT2D eigenvalue weighted by Crippen LogP contribution is -2.45. The number of hydrogen-bond donors (Lipinski definition) is 2. The van der Waals surface area contributed by atoms with Crippen molar-refractivity contribution in [1.29, 1.82) is 0 Å². The number of nitrogens with zero attached hydrogens (tertiary/aromatic N) is 6. The van der Waals surface area contributed by atoms with E-state index in [1.807, 2.05) is 48.5 Å². The van der Waals surface area contributed by atoms with Gasteiger partial charge in [0.1, 0.15) is 23.4 Å². The SMILES string of the molecule is Nc1ncnc2c1c(-c1ccc(Nc3nc4ccccc4o3)cc1)nn2[C@H]1CC[C@@H](N2CCOCC2)CC1. The van der Waals surface area contributed by atoms with Gasteiger partial charge in [-0.1, -0.05) is 24.3 Å². The zero-order valence-corrected chi connectivity index (χ0v) is 21.1. The molecule has 10 nitrogen and oxygen atoms in total. The first kappa shape index (κ1) is 23.1. The summed E-state index contributed by atoms with van der Waals surface area (Å²) >= 11 is 0. The summed E-state index contributed by atoms with van der Waals surface area (Å²) in [5, 5.41) is 9.13. The molecule has 3 aromatic heterocycles. The number of hydrogen-bond acceptors (Lipinski definition) is 9. The number of morpholine rings is 1. The molecule has 0 unspecified atom stereocenters. The lowest BCUT2D eigenvalue weighted by atomic mass is 9.90. The summed E-state index contributed by atoms with van der Waals surface area (Å²) in [6.07, 6.45) is 5.97. The monoisotopic (exact) mass is 510 g/mol. The van der Waals surface area contributed by atoms with Crippen LogP contribution in [0.3, 0.4) is 0 Å². The van der Waals surface area contributed by atoms with Crippen molar-refractivity contribution in [3.05, 3.63) is 54.9 Å². The van der Waals surface area contributed by atoms with E-state index in [0.29, 0.717) is 17.9 Å². The highest BCUT2D eigenvalue weighted by atomic mass is 16.5. The average Bonchev–Trinajstić information content (AvgIpc) is 3.56. The van der Waals surface area contributed by atoms with Crippen molar-refractivity contribution in [2.24, 2.45) is 0 Å². The number of nitrogens with two attached hydrogens (primary N) is 1. The molecule has 1 saturated heterocycles. The van der Waals surface area contributed by atoms with Gasteiger partial charge in [-0.05, 0) is 49.9 Å². The van der Waals surface area contributed by atoms with Crippen LogP contribution in [-0.4, -0.2) is 62.0 Å². The molecular weight excluding hydrogens is 480 g/mol. The first-order valence-electron chi connectivity index (χ1n) is 13.3. The number of nitrogens with one attached hydrogen (secondary N) is 1. The maximum Gasteiger partial charge on any atom is 0.300 e. The summed E-state index contributed by atoms with van der Waals surface area (Å²) < 4.78 is 13.4. The zero-order chi connectivity index (χ0) is 25.5. The number of anilines is 3. The fraction of sp³-hybridized carbons (Fsp3) is 0.357. The highest BCUT2D eigenvalue weighted by Gasteiger charge is 2.30. The lowest BCUT2D eigenvalue weighted by molar-refractivity contribution is 0.00520. The Kier molecular flexibility index (Phi) is 5.90. The van der Waals surface area contributed by atoms with E-state index in [1.165, 1.54) is 6.33 Å². The van der Waals surface area contributed by atoms with Crippen LogP contribution in [-0.2, 0) is 4.74 Å². The zero-order valence-electron chi connectivity index (χ0n) is 21.1. The van der Waals surface area contributed by atoms with Crippen LogP contribution < -0.4 is 11.1 Å². The van der Waals surface area contributed by atoms with E-state index in [0.717, 1.165) is 91.1 Å². The van der Waals surface area contributed by atoms with E-state index in [2.05, 4.69) is 29.9 Å². The maximum atomic E-state index is 6.37. The molecule has 1 aliphatic carbocycles. The highest BCUT2D eigenvalue weighted by molar-refractivity contribution is 5.98. The van der Waals surface area contributed by atoms with Crippen LogP contribution in [0.4, 0.5) is 17.5 Å². The molecular formula is C28H30N8O2. The smallest absolute Gasteiger partial charge is 0.300 e. The molecule has 2 aromatic carbocycles. The van der Waals surface area contributed by atoms with Gasteiger partial charge in [0.2, 0.25) is 0 Å². The van der Waals surface area contributed by atoms with Crippen molar-refractivity contribution in [1.82, 2.24) is 29.6 Å². The summed E-state index contributed by atoms with van der Waals surface area (Å²) in [5.41, 5.74) is 11.4. The molecule has 10 heteroatoms. The predicted octanol–water partition coefficient (Wildman–Crippen LogP) is 4.78. The van der Waals surface area contributed by atoms with Crippen molar-refractivity contribution in [3.8, 4) is 11.3 Å². The Hall–Kier alpha value is -4.02. The van der Waals surface area contributed by atoms with Crippen molar-refractivity contribution < 1.29 is 9.15 Å². The average molecular weight is 511 g/mol. The lowest BCUT2D eigenvalue weighted by Gasteiger charge is -2.38. The Labute approximate surface area is 219 Å².